The van der Waals surface area contributed by atoms with E-state index in [2.05, 4.69) is 5.32 Å². The normalized spacial score (nSPS) is 17.4. The summed E-state index contributed by atoms with van der Waals surface area (Å²) in [5.41, 5.74) is 5.84. The Morgan fingerprint density at radius 1 is 1.08 bits per heavy atom. The van der Waals surface area contributed by atoms with E-state index in [4.69, 9.17) is 15.9 Å². The number of nitrogens with one attached hydrogen (secondary N) is 1. The van der Waals surface area contributed by atoms with Gasteiger partial charge in [-0.05, 0) is 5.56 Å². The van der Waals surface area contributed by atoms with Crippen molar-refractivity contribution in [2.45, 2.75) is 36.8 Å². The van der Waals surface area contributed by atoms with Gasteiger partial charge in [-0.15, -0.1) is 0 Å². The van der Waals surface area contributed by atoms with Gasteiger partial charge in [0.1, 0.15) is 12.2 Å². The molecular weight excluding hydrogens is 320 g/mol. The number of hydrogen-bond acceptors (Lipinski definition) is 7. The van der Waals surface area contributed by atoms with Crippen LogP contribution in [0.3, 0.4) is 0 Å². The van der Waals surface area contributed by atoms with E-state index in [1.54, 1.807) is 30.3 Å². The van der Waals surface area contributed by atoms with Crippen LogP contribution in [0, 0.1) is 0 Å². The minimum absolute atomic E-state index is 0.433. The zero-order valence-corrected chi connectivity index (χ0v) is 12.8. The zero-order chi connectivity index (χ0) is 18.3. The summed E-state index contributed by atoms with van der Waals surface area (Å²) in [7, 11) is 0. The summed E-state index contributed by atoms with van der Waals surface area (Å²) in [5, 5.41) is 49.3. The number of aliphatic carboxylic acids is 1. The van der Waals surface area contributed by atoms with Crippen molar-refractivity contribution in [1.29, 1.82) is 0 Å². The predicted octanol–water partition coefficient (Wildman–Crippen LogP) is -2.28. The van der Waals surface area contributed by atoms with Gasteiger partial charge in [0, 0.05) is 0 Å². The maximum absolute atomic E-state index is 12.0. The monoisotopic (exact) mass is 342 g/mol. The van der Waals surface area contributed by atoms with Crippen molar-refractivity contribution in [2.24, 2.45) is 5.73 Å². The summed E-state index contributed by atoms with van der Waals surface area (Å²) in [4.78, 5) is 23.0. The largest absolute Gasteiger partial charge is 0.481 e. The van der Waals surface area contributed by atoms with Gasteiger partial charge < -0.3 is 36.6 Å². The van der Waals surface area contributed by atoms with Crippen molar-refractivity contribution in [3.63, 3.8) is 0 Å². The average Bonchev–Trinajstić information content (AvgIpc) is 2.58. The number of amides is 1. The average molecular weight is 342 g/mol. The maximum atomic E-state index is 12.0. The fourth-order valence-electron chi connectivity index (χ4n) is 2.07. The van der Waals surface area contributed by atoms with Gasteiger partial charge in [0.15, 0.2) is 6.10 Å². The van der Waals surface area contributed by atoms with Gasteiger partial charge >= 0.3 is 5.97 Å². The molecule has 5 atom stereocenters. The molecule has 1 rings (SSSR count). The molecule has 0 aliphatic rings. The number of rotatable bonds is 9. The van der Waals surface area contributed by atoms with E-state index < -0.39 is 55.3 Å². The molecule has 9 heteroatoms. The van der Waals surface area contributed by atoms with Crippen LogP contribution in [-0.2, 0) is 9.59 Å². The van der Waals surface area contributed by atoms with Gasteiger partial charge in [-0.25, -0.2) is 0 Å². The number of carboxylic acids is 1. The van der Waals surface area contributed by atoms with Crippen LogP contribution < -0.4 is 11.1 Å². The Bertz CT molecular complexity index is 540. The first kappa shape index (κ1) is 20.0. The molecule has 8 N–H and O–H groups in total. The molecule has 0 aromatic heterocycles. The highest BCUT2D eigenvalue weighted by atomic mass is 16.4. The third-order valence-corrected chi connectivity index (χ3v) is 3.49. The van der Waals surface area contributed by atoms with Gasteiger partial charge in [0.2, 0.25) is 0 Å². The molecule has 24 heavy (non-hydrogen) atoms. The van der Waals surface area contributed by atoms with Crippen LogP contribution in [0.2, 0.25) is 0 Å². The van der Waals surface area contributed by atoms with Crippen LogP contribution in [-0.4, -0.2) is 68.4 Å². The molecule has 1 amide bonds. The topological polar surface area (TPSA) is 173 Å². The van der Waals surface area contributed by atoms with Crippen molar-refractivity contribution < 1.29 is 35.1 Å². The molecule has 0 bridgehead atoms. The SMILES string of the molecule is N[C@@H](CO)[C@@H](O)[C@@H](O)[C@H](O)C(=O)NC(CC(=O)O)c1ccccc1. The molecule has 1 aromatic rings. The zero-order valence-electron chi connectivity index (χ0n) is 12.8. The fraction of sp³-hybridized carbons (Fsp3) is 0.467. The summed E-state index contributed by atoms with van der Waals surface area (Å²) in [6.07, 6.45) is -6.14. The Kier molecular flexibility index (Phi) is 7.75. The quantitative estimate of drug-likeness (QED) is 0.263. The summed E-state index contributed by atoms with van der Waals surface area (Å²) in [6.45, 7) is -0.655. The molecule has 0 aliphatic heterocycles. The second-order valence-corrected chi connectivity index (χ2v) is 5.34. The van der Waals surface area contributed by atoms with E-state index in [1.165, 1.54) is 0 Å². The summed E-state index contributed by atoms with van der Waals surface area (Å²) < 4.78 is 0. The highest BCUT2D eigenvalue weighted by Crippen LogP contribution is 2.17. The standard InChI is InChI=1S/C15H22N2O7/c16-9(7-18)12(21)13(22)14(23)15(24)17-10(6-11(19)20)8-4-2-1-3-5-8/h1-5,9-10,12-14,18,21-23H,6-7,16H2,(H,17,24)(H,19,20)/t9-,10?,12+,13+,14-/m0/s1. The molecule has 0 saturated heterocycles. The fourth-order valence-corrected chi connectivity index (χ4v) is 2.07. The second-order valence-electron chi connectivity index (χ2n) is 5.34. The van der Waals surface area contributed by atoms with Crippen molar-refractivity contribution in [1.82, 2.24) is 5.32 Å². The van der Waals surface area contributed by atoms with Crippen molar-refractivity contribution in [3.05, 3.63) is 35.9 Å². The van der Waals surface area contributed by atoms with Crippen LogP contribution in [0.5, 0.6) is 0 Å². The van der Waals surface area contributed by atoms with Crippen LogP contribution in [0.1, 0.15) is 18.0 Å². The van der Waals surface area contributed by atoms with Gasteiger partial charge in [-0.2, -0.15) is 0 Å². The van der Waals surface area contributed by atoms with Crippen LogP contribution in [0.4, 0.5) is 0 Å². The molecule has 0 heterocycles. The van der Waals surface area contributed by atoms with E-state index in [1.807, 2.05) is 0 Å². The Labute approximate surface area is 138 Å². The van der Waals surface area contributed by atoms with E-state index in [9.17, 15) is 24.9 Å². The first-order valence-electron chi connectivity index (χ1n) is 7.25. The van der Waals surface area contributed by atoms with Gasteiger partial charge in [0.25, 0.3) is 5.91 Å². The molecule has 0 fully saturated rings. The smallest absolute Gasteiger partial charge is 0.305 e. The third kappa shape index (κ3) is 5.55. The lowest BCUT2D eigenvalue weighted by Crippen LogP contribution is -2.54. The summed E-state index contributed by atoms with van der Waals surface area (Å²) in [5.74, 6) is -2.23. The highest BCUT2D eigenvalue weighted by Gasteiger charge is 2.34. The van der Waals surface area contributed by atoms with Crippen molar-refractivity contribution in [3.8, 4) is 0 Å². The highest BCUT2D eigenvalue weighted by molar-refractivity contribution is 5.82. The lowest BCUT2D eigenvalue weighted by molar-refractivity contribution is -0.143. The van der Waals surface area contributed by atoms with Crippen LogP contribution in [0.15, 0.2) is 30.3 Å². The number of carbonyl (C=O) groups excluding carboxylic acids is 1. The summed E-state index contributed by atoms with van der Waals surface area (Å²) >= 11 is 0. The Balaban J connectivity index is 2.82. The Morgan fingerprint density at radius 2 is 1.67 bits per heavy atom. The maximum Gasteiger partial charge on any atom is 0.305 e. The number of hydrogen-bond donors (Lipinski definition) is 7. The van der Waals surface area contributed by atoms with E-state index >= 15 is 0 Å². The molecule has 9 nitrogen and oxygen atoms in total. The molecule has 0 radical (unpaired) electrons. The number of nitrogens with two attached hydrogens (primary N) is 1. The van der Waals surface area contributed by atoms with Crippen molar-refractivity contribution >= 4 is 11.9 Å². The molecule has 0 saturated carbocycles. The molecule has 0 aliphatic carbocycles. The number of aliphatic hydroxyl groups is 4. The number of carbonyl (C=O) groups is 2. The molecule has 1 unspecified atom stereocenters. The third-order valence-electron chi connectivity index (χ3n) is 3.49. The lowest BCUT2D eigenvalue weighted by atomic mass is 9.99. The van der Waals surface area contributed by atoms with Crippen LogP contribution >= 0.6 is 0 Å². The predicted molar refractivity (Wildman–Crippen MR) is 82.7 cm³/mol. The van der Waals surface area contributed by atoms with Gasteiger partial charge in [0.05, 0.1) is 25.1 Å². The minimum Gasteiger partial charge on any atom is -0.481 e. The van der Waals surface area contributed by atoms with E-state index in [0.717, 1.165) is 0 Å². The van der Waals surface area contributed by atoms with Gasteiger partial charge in [-0.3, -0.25) is 9.59 Å². The Hall–Kier alpha value is -2.04. The molecule has 1 aromatic carbocycles. The molecule has 0 spiro atoms. The van der Waals surface area contributed by atoms with E-state index in [0.29, 0.717) is 5.56 Å². The van der Waals surface area contributed by atoms with Gasteiger partial charge in [-0.1, -0.05) is 30.3 Å². The van der Waals surface area contributed by atoms with Crippen LogP contribution in [0.25, 0.3) is 0 Å². The molecular formula is C15H22N2O7. The first-order chi connectivity index (χ1) is 11.3. The first-order valence-corrected chi connectivity index (χ1v) is 7.25. The lowest BCUT2D eigenvalue weighted by Gasteiger charge is -2.27. The molecule has 134 valence electrons. The van der Waals surface area contributed by atoms with Crippen molar-refractivity contribution in [2.75, 3.05) is 6.61 Å². The summed E-state index contributed by atoms with van der Waals surface area (Å²) in [6, 6.07) is 6.07. The minimum atomic E-state index is -2.04. The number of aliphatic hydroxyl groups excluding tert-OH is 4. The number of benzene rings is 1. The Morgan fingerprint density at radius 3 is 2.17 bits per heavy atom. The number of carboxylic acid groups (broad SMARTS) is 1. The van der Waals surface area contributed by atoms with E-state index in [-0.39, 0.29) is 0 Å². The second kappa shape index (κ2) is 9.30.